The van der Waals surface area contributed by atoms with Crippen LogP contribution in [0.25, 0.3) is 0 Å². The maximum atomic E-state index is 6.25. The summed E-state index contributed by atoms with van der Waals surface area (Å²) < 4.78 is 7.36. The minimum Gasteiger partial charge on any atom is -0.496 e. The van der Waals surface area contributed by atoms with E-state index in [-0.39, 0.29) is 6.04 Å². The average Bonchev–Trinajstić information content (AvgIpc) is 2.88. The van der Waals surface area contributed by atoms with Crippen LogP contribution in [0.1, 0.15) is 30.6 Å². The fraction of sp³-hybridized carbons (Fsp3) is 0.357. The van der Waals surface area contributed by atoms with E-state index in [1.54, 1.807) is 19.6 Å². The van der Waals surface area contributed by atoms with Gasteiger partial charge in [0, 0.05) is 22.8 Å². The first-order chi connectivity index (χ1) is 9.17. The highest BCUT2D eigenvalue weighted by atomic mass is 35.5. The van der Waals surface area contributed by atoms with Gasteiger partial charge in [-0.15, -0.1) is 0 Å². The minimum absolute atomic E-state index is 0.0176. The van der Waals surface area contributed by atoms with E-state index in [4.69, 9.17) is 22.1 Å². The molecule has 2 aromatic rings. The summed E-state index contributed by atoms with van der Waals surface area (Å²) in [6, 6.07) is 5.61. The molecule has 1 heterocycles. The molecule has 4 nitrogen and oxygen atoms in total. The summed E-state index contributed by atoms with van der Waals surface area (Å²) in [5, 5.41) is 0.684. The van der Waals surface area contributed by atoms with Gasteiger partial charge < -0.3 is 15.0 Å². The Morgan fingerprint density at radius 2 is 2.26 bits per heavy atom. The lowest BCUT2D eigenvalue weighted by Crippen LogP contribution is -2.15. The molecular weight excluding hydrogens is 262 g/mol. The molecule has 0 radical (unpaired) electrons. The molecular formula is C14H18ClN3O. The Bertz CT molecular complexity index is 553. The van der Waals surface area contributed by atoms with Crippen LogP contribution in [0.4, 0.5) is 0 Å². The van der Waals surface area contributed by atoms with Crippen LogP contribution in [0.3, 0.4) is 0 Å². The van der Waals surface area contributed by atoms with Gasteiger partial charge >= 0.3 is 0 Å². The number of aromatic nitrogens is 2. The molecule has 1 aromatic heterocycles. The van der Waals surface area contributed by atoms with Gasteiger partial charge in [0.15, 0.2) is 0 Å². The van der Waals surface area contributed by atoms with Crippen molar-refractivity contribution in [3.05, 3.63) is 47.0 Å². The van der Waals surface area contributed by atoms with Crippen LogP contribution in [0.2, 0.25) is 5.02 Å². The SMILES string of the molecule is CC[C@@H](N)c1cncn1Cc1c(Cl)cccc1OC. The van der Waals surface area contributed by atoms with Gasteiger partial charge in [-0.1, -0.05) is 24.6 Å². The fourth-order valence-corrected chi connectivity index (χ4v) is 2.26. The molecule has 1 atom stereocenters. The molecule has 0 unspecified atom stereocenters. The fourth-order valence-electron chi connectivity index (χ4n) is 2.03. The number of benzene rings is 1. The number of methoxy groups -OCH3 is 1. The normalized spacial score (nSPS) is 12.4. The molecule has 0 aliphatic heterocycles. The van der Waals surface area contributed by atoms with Gasteiger partial charge in [0.2, 0.25) is 0 Å². The number of imidazole rings is 1. The van der Waals surface area contributed by atoms with Crippen LogP contribution >= 0.6 is 11.6 Å². The quantitative estimate of drug-likeness (QED) is 0.915. The summed E-state index contributed by atoms with van der Waals surface area (Å²) in [5.74, 6) is 0.775. The smallest absolute Gasteiger partial charge is 0.125 e. The lowest BCUT2D eigenvalue weighted by atomic mass is 10.1. The summed E-state index contributed by atoms with van der Waals surface area (Å²) in [6.45, 7) is 2.66. The molecule has 2 N–H and O–H groups in total. The summed E-state index contributed by atoms with van der Waals surface area (Å²) in [7, 11) is 1.64. The molecule has 19 heavy (non-hydrogen) atoms. The van der Waals surface area contributed by atoms with Gasteiger partial charge in [0.1, 0.15) is 5.75 Å². The topological polar surface area (TPSA) is 53.1 Å². The van der Waals surface area contributed by atoms with Crippen LogP contribution in [-0.4, -0.2) is 16.7 Å². The van der Waals surface area contributed by atoms with E-state index in [0.29, 0.717) is 11.6 Å². The van der Waals surface area contributed by atoms with Crippen molar-refractivity contribution >= 4 is 11.6 Å². The summed E-state index contributed by atoms with van der Waals surface area (Å²) in [4.78, 5) is 4.17. The van der Waals surface area contributed by atoms with E-state index < -0.39 is 0 Å². The molecule has 0 bridgehead atoms. The average molecular weight is 280 g/mol. The van der Waals surface area contributed by atoms with Crippen molar-refractivity contribution < 1.29 is 4.74 Å². The molecule has 102 valence electrons. The Morgan fingerprint density at radius 1 is 1.47 bits per heavy atom. The first-order valence-electron chi connectivity index (χ1n) is 6.24. The van der Waals surface area contributed by atoms with Gasteiger partial charge in [-0.3, -0.25) is 0 Å². The van der Waals surface area contributed by atoms with E-state index in [1.807, 2.05) is 22.8 Å². The van der Waals surface area contributed by atoms with E-state index in [0.717, 1.165) is 23.4 Å². The Hall–Kier alpha value is -1.52. The van der Waals surface area contributed by atoms with E-state index >= 15 is 0 Å². The minimum atomic E-state index is -0.0176. The molecule has 0 aliphatic carbocycles. The maximum Gasteiger partial charge on any atom is 0.125 e. The maximum absolute atomic E-state index is 6.25. The van der Waals surface area contributed by atoms with E-state index in [1.165, 1.54) is 0 Å². The molecule has 0 fully saturated rings. The van der Waals surface area contributed by atoms with Crippen molar-refractivity contribution in [1.29, 1.82) is 0 Å². The third-order valence-corrected chi connectivity index (χ3v) is 3.54. The number of rotatable bonds is 5. The highest BCUT2D eigenvalue weighted by molar-refractivity contribution is 6.31. The molecule has 0 saturated heterocycles. The number of ether oxygens (including phenoxy) is 1. The summed E-state index contributed by atoms with van der Waals surface area (Å²) in [5.41, 5.74) is 8.02. The Kier molecular flexibility index (Phi) is 4.45. The van der Waals surface area contributed by atoms with Crippen molar-refractivity contribution in [2.75, 3.05) is 7.11 Å². The van der Waals surface area contributed by atoms with E-state index in [9.17, 15) is 0 Å². The van der Waals surface area contributed by atoms with Gasteiger partial charge in [0.05, 0.1) is 25.7 Å². The third-order valence-electron chi connectivity index (χ3n) is 3.19. The second-order valence-corrected chi connectivity index (χ2v) is 4.79. The third kappa shape index (κ3) is 2.91. The van der Waals surface area contributed by atoms with Crippen LogP contribution in [0.15, 0.2) is 30.7 Å². The Balaban J connectivity index is 2.34. The largest absolute Gasteiger partial charge is 0.496 e. The number of hydrogen-bond donors (Lipinski definition) is 1. The predicted molar refractivity (Wildman–Crippen MR) is 76.6 cm³/mol. The van der Waals surface area contributed by atoms with Gasteiger partial charge in [-0.2, -0.15) is 0 Å². The van der Waals surface area contributed by atoms with Crippen molar-refractivity contribution in [3.63, 3.8) is 0 Å². The van der Waals surface area contributed by atoms with E-state index in [2.05, 4.69) is 11.9 Å². The predicted octanol–water partition coefficient (Wildman–Crippen LogP) is 3.00. The van der Waals surface area contributed by atoms with Crippen molar-refractivity contribution in [2.45, 2.75) is 25.9 Å². The highest BCUT2D eigenvalue weighted by Gasteiger charge is 2.13. The van der Waals surface area contributed by atoms with Crippen LogP contribution in [0.5, 0.6) is 5.75 Å². The standard InChI is InChI=1S/C14H18ClN3O/c1-3-12(16)13-7-17-9-18(13)8-10-11(15)5-4-6-14(10)19-2/h4-7,9,12H,3,8,16H2,1-2H3/t12-/m1/s1. The van der Waals surface area contributed by atoms with Crippen molar-refractivity contribution in [1.82, 2.24) is 9.55 Å². The second-order valence-electron chi connectivity index (χ2n) is 4.38. The van der Waals surface area contributed by atoms with Gasteiger partial charge in [-0.05, 0) is 18.6 Å². The molecule has 0 aliphatic rings. The summed E-state index contributed by atoms with van der Waals surface area (Å²) in [6.07, 6.45) is 4.44. The molecule has 2 rings (SSSR count). The van der Waals surface area contributed by atoms with Gasteiger partial charge in [-0.25, -0.2) is 4.98 Å². The number of hydrogen-bond acceptors (Lipinski definition) is 3. The van der Waals surface area contributed by atoms with Crippen molar-refractivity contribution in [2.24, 2.45) is 5.73 Å². The molecule has 0 saturated carbocycles. The van der Waals surface area contributed by atoms with Gasteiger partial charge in [0.25, 0.3) is 0 Å². The number of nitrogens with two attached hydrogens (primary N) is 1. The van der Waals surface area contributed by atoms with Crippen LogP contribution in [-0.2, 0) is 6.54 Å². The first-order valence-corrected chi connectivity index (χ1v) is 6.62. The Morgan fingerprint density at radius 3 is 2.95 bits per heavy atom. The molecule has 5 heteroatoms. The van der Waals surface area contributed by atoms with Crippen LogP contribution in [0, 0.1) is 0 Å². The zero-order chi connectivity index (χ0) is 13.8. The number of nitrogens with zero attached hydrogens (tertiary/aromatic N) is 2. The molecule has 0 spiro atoms. The lowest BCUT2D eigenvalue weighted by molar-refractivity contribution is 0.408. The zero-order valence-electron chi connectivity index (χ0n) is 11.1. The highest BCUT2D eigenvalue weighted by Crippen LogP contribution is 2.28. The second kappa shape index (κ2) is 6.08. The first kappa shape index (κ1) is 13.9. The number of halogens is 1. The van der Waals surface area contributed by atoms with Crippen LogP contribution < -0.4 is 10.5 Å². The monoisotopic (exact) mass is 279 g/mol. The molecule has 1 aromatic carbocycles. The lowest BCUT2D eigenvalue weighted by Gasteiger charge is -2.15. The van der Waals surface area contributed by atoms with Crippen molar-refractivity contribution in [3.8, 4) is 5.75 Å². The summed E-state index contributed by atoms with van der Waals surface area (Å²) >= 11 is 6.25. The zero-order valence-corrected chi connectivity index (χ0v) is 11.9. The Labute approximate surface area is 118 Å². The molecule has 0 amide bonds.